The minimum atomic E-state index is 0.464. The zero-order valence-electron chi connectivity index (χ0n) is 10.3. The molecule has 0 bridgehead atoms. The van der Waals surface area contributed by atoms with Gasteiger partial charge in [0.05, 0.1) is 16.5 Å². The van der Waals surface area contributed by atoms with Gasteiger partial charge in [0.25, 0.3) is 0 Å². The van der Waals surface area contributed by atoms with E-state index in [0.717, 1.165) is 19.4 Å². The molecular formula is C13H13Br2NO2S. The summed E-state index contributed by atoms with van der Waals surface area (Å²) in [7, 11) is 1.62. The van der Waals surface area contributed by atoms with Crippen LogP contribution in [0.15, 0.2) is 32.5 Å². The average molecular weight is 407 g/mol. The van der Waals surface area contributed by atoms with Crippen molar-refractivity contribution in [2.75, 3.05) is 7.11 Å². The Labute approximate surface area is 133 Å². The van der Waals surface area contributed by atoms with Crippen LogP contribution in [0.1, 0.15) is 10.4 Å². The van der Waals surface area contributed by atoms with Crippen molar-refractivity contribution in [1.29, 1.82) is 0 Å². The minimum absolute atomic E-state index is 0.464. The molecular weight excluding hydrogens is 394 g/mol. The summed E-state index contributed by atoms with van der Waals surface area (Å²) in [4.78, 5) is 1.14. The maximum absolute atomic E-state index is 5.85. The van der Waals surface area contributed by atoms with Gasteiger partial charge in [-0.3, -0.25) is 0 Å². The molecule has 0 radical (unpaired) electrons. The summed E-state index contributed by atoms with van der Waals surface area (Å²) in [5.41, 5.74) is 6.64. The van der Waals surface area contributed by atoms with Crippen molar-refractivity contribution < 1.29 is 9.47 Å². The third kappa shape index (κ3) is 3.51. The van der Waals surface area contributed by atoms with Crippen LogP contribution in [0.2, 0.25) is 0 Å². The van der Waals surface area contributed by atoms with E-state index in [1.54, 1.807) is 18.4 Å². The van der Waals surface area contributed by atoms with Crippen LogP contribution >= 0.6 is 43.2 Å². The first-order valence-corrected chi connectivity index (χ1v) is 8.03. The fraction of sp³-hybridized carbons (Fsp3) is 0.231. The second-order valence-corrected chi connectivity index (χ2v) is 6.50. The molecule has 102 valence electrons. The predicted octanol–water partition coefficient (Wildman–Crippen LogP) is 4.32. The first-order chi connectivity index (χ1) is 9.15. The number of hydrogen-bond acceptors (Lipinski definition) is 4. The standard InChI is InChI=1S/C13H13Br2NO2S/c1-17-11-5-8(6-16)4-10(15)13(11)18-7-12-9(14)2-3-19-12/h2-5H,6-7,16H2,1H3. The molecule has 2 rings (SSSR count). The molecule has 1 heterocycles. The van der Waals surface area contributed by atoms with E-state index in [4.69, 9.17) is 15.2 Å². The second kappa shape index (κ2) is 6.74. The molecule has 2 aromatic rings. The van der Waals surface area contributed by atoms with Gasteiger partial charge in [0.1, 0.15) is 6.61 Å². The molecule has 0 saturated carbocycles. The van der Waals surface area contributed by atoms with Gasteiger partial charge in [0.2, 0.25) is 0 Å². The molecule has 0 aliphatic carbocycles. The zero-order chi connectivity index (χ0) is 13.8. The van der Waals surface area contributed by atoms with Gasteiger partial charge < -0.3 is 15.2 Å². The average Bonchev–Trinajstić information content (AvgIpc) is 2.82. The van der Waals surface area contributed by atoms with Crippen molar-refractivity contribution in [3.63, 3.8) is 0 Å². The molecule has 19 heavy (non-hydrogen) atoms. The van der Waals surface area contributed by atoms with Crippen LogP contribution in [0, 0.1) is 0 Å². The molecule has 3 nitrogen and oxygen atoms in total. The highest BCUT2D eigenvalue weighted by atomic mass is 79.9. The van der Waals surface area contributed by atoms with E-state index < -0.39 is 0 Å². The summed E-state index contributed by atoms with van der Waals surface area (Å²) < 4.78 is 13.1. The van der Waals surface area contributed by atoms with Gasteiger partial charge in [0.15, 0.2) is 11.5 Å². The molecule has 0 amide bonds. The Bertz CT molecular complexity index is 572. The van der Waals surface area contributed by atoms with Crippen molar-refractivity contribution >= 4 is 43.2 Å². The number of thiophene rings is 1. The second-order valence-electron chi connectivity index (χ2n) is 3.79. The number of ether oxygens (including phenoxy) is 2. The predicted molar refractivity (Wildman–Crippen MR) is 84.9 cm³/mol. The van der Waals surface area contributed by atoms with Gasteiger partial charge in [-0.1, -0.05) is 0 Å². The van der Waals surface area contributed by atoms with Crippen LogP contribution in [0.3, 0.4) is 0 Å². The van der Waals surface area contributed by atoms with Crippen LogP contribution in [0.25, 0.3) is 0 Å². The molecule has 1 aromatic carbocycles. The Morgan fingerprint density at radius 1 is 1.26 bits per heavy atom. The molecule has 0 unspecified atom stereocenters. The lowest BCUT2D eigenvalue weighted by Gasteiger charge is -2.13. The van der Waals surface area contributed by atoms with Crippen LogP contribution in [0.5, 0.6) is 11.5 Å². The molecule has 0 aliphatic rings. The molecule has 0 fully saturated rings. The molecule has 6 heteroatoms. The summed E-state index contributed by atoms with van der Waals surface area (Å²) in [5.74, 6) is 1.38. The Morgan fingerprint density at radius 2 is 2.05 bits per heavy atom. The van der Waals surface area contributed by atoms with Crippen LogP contribution in [0.4, 0.5) is 0 Å². The Kier molecular flexibility index (Phi) is 5.27. The lowest BCUT2D eigenvalue weighted by molar-refractivity contribution is 0.284. The molecule has 2 N–H and O–H groups in total. The van der Waals surface area contributed by atoms with E-state index in [0.29, 0.717) is 24.7 Å². The number of rotatable bonds is 5. The number of benzene rings is 1. The first kappa shape index (κ1) is 14.8. The molecule has 0 atom stereocenters. The lowest BCUT2D eigenvalue weighted by Crippen LogP contribution is -2.01. The topological polar surface area (TPSA) is 44.5 Å². The normalized spacial score (nSPS) is 10.5. The van der Waals surface area contributed by atoms with Crippen molar-refractivity contribution in [3.8, 4) is 11.5 Å². The van der Waals surface area contributed by atoms with E-state index in [1.807, 2.05) is 23.6 Å². The Balaban J connectivity index is 2.22. The van der Waals surface area contributed by atoms with Gasteiger partial charge in [-0.05, 0) is 61.0 Å². The lowest BCUT2D eigenvalue weighted by atomic mass is 10.2. The van der Waals surface area contributed by atoms with Crippen LogP contribution in [-0.4, -0.2) is 7.11 Å². The van der Waals surface area contributed by atoms with Crippen molar-refractivity contribution in [3.05, 3.63) is 43.0 Å². The number of hydrogen-bond donors (Lipinski definition) is 1. The van der Waals surface area contributed by atoms with Crippen molar-refractivity contribution in [2.45, 2.75) is 13.2 Å². The maximum atomic E-state index is 5.85. The molecule has 0 saturated heterocycles. The summed E-state index contributed by atoms with van der Waals surface area (Å²) in [6, 6.07) is 5.85. The first-order valence-electron chi connectivity index (χ1n) is 5.57. The monoisotopic (exact) mass is 405 g/mol. The zero-order valence-corrected chi connectivity index (χ0v) is 14.3. The van der Waals surface area contributed by atoms with Gasteiger partial charge in [-0.25, -0.2) is 0 Å². The largest absolute Gasteiger partial charge is 0.493 e. The van der Waals surface area contributed by atoms with Gasteiger partial charge in [-0.2, -0.15) is 0 Å². The van der Waals surface area contributed by atoms with Gasteiger partial charge in [-0.15, -0.1) is 11.3 Å². The van der Waals surface area contributed by atoms with Crippen molar-refractivity contribution in [2.24, 2.45) is 5.73 Å². The quantitative estimate of drug-likeness (QED) is 0.803. The van der Waals surface area contributed by atoms with E-state index >= 15 is 0 Å². The maximum Gasteiger partial charge on any atom is 0.175 e. The highest BCUT2D eigenvalue weighted by Crippen LogP contribution is 2.37. The van der Waals surface area contributed by atoms with E-state index in [9.17, 15) is 0 Å². The van der Waals surface area contributed by atoms with Gasteiger partial charge in [0, 0.05) is 11.0 Å². The molecule has 0 aliphatic heterocycles. The fourth-order valence-electron chi connectivity index (χ4n) is 1.60. The number of nitrogens with two attached hydrogens (primary N) is 1. The SMILES string of the molecule is COc1cc(CN)cc(Br)c1OCc1sccc1Br. The van der Waals surface area contributed by atoms with Crippen LogP contribution in [-0.2, 0) is 13.2 Å². The highest BCUT2D eigenvalue weighted by Gasteiger charge is 2.12. The smallest absolute Gasteiger partial charge is 0.175 e. The van der Waals surface area contributed by atoms with E-state index in [-0.39, 0.29) is 0 Å². The Hall–Kier alpha value is -0.560. The summed E-state index contributed by atoms with van der Waals surface area (Å²) in [6.07, 6.45) is 0. The molecule has 1 aromatic heterocycles. The number of methoxy groups -OCH3 is 1. The Morgan fingerprint density at radius 3 is 2.63 bits per heavy atom. The van der Waals surface area contributed by atoms with E-state index in [1.165, 1.54) is 0 Å². The number of halogens is 2. The minimum Gasteiger partial charge on any atom is -0.493 e. The third-order valence-electron chi connectivity index (χ3n) is 2.56. The van der Waals surface area contributed by atoms with E-state index in [2.05, 4.69) is 31.9 Å². The summed E-state index contributed by atoms with van der Waals surface area (Å²) in [6.45, 7) is 0.959. The van der Waals surface area contributed by atoms with Gasteiger partial charge >= 0.3 is 0 Å². The summed E-state index contributed by atoms with van der Waals surface area (Å²) in [5, 5.41) is 2.02. The highest BCUT2D eigenvalue weighted by molar-refractivity contribution is 9.10. The van der Waals surface area contributed by atoms with Crippen LogP contribution < -0.4 is 15.2 Å². The molecule has 0 spiro atoms. The summed E-state index contributed by atoms with van der Waals surface area (Å²) >= 11 is 8.63. The van der Waals surface area contributed by atoms with Crippen molar-refractivity contribution in [1.82, 2.24) is 0 Å². The fourth-order valence-corrected chi connectivity index (χ4v) is 3.58. The third-order valence-corrected chi connectivity index (χ3v) is 5.05.